The van der Waals surface area contributed by atoms with Gasteiger partial charge in [-0.05, 0) is 74.2 Å². The van der Waals surface area contributed by atoms with E-state index in [0.29, 0.717) is 5.56 Å². The molecule has 0 aliphatic heterocycles. The Labute approximate surface area is 164 Å². The van der Waals surface area contributed by atoms with Crippen LogP contribution in [0, 0.1) is 12.7 Å². The highest BCUT2D eigenvalue weighted by molar-refractivity contribution is 9.13. The molecule has 0 heterocycles. The molecule has 2 rings (SSSR count). The van der Waals surface area contributed by atoms with Crippen LogP contribution in [0.1, 0.15) is 11.1 Å². The van der Waals surface area contributed by atoms with E-state index in [1.165, 1.54) is 12.1 Å². The molecule has 0 aliphatic rings. The summed E-state index contributed by atoms with van der Waals surface area (Å²) >= 11 is 16.3. The Morgan fingerprint density at radius 1 is 0.762 bits per heavy atom. The van der Waals surface area contributed by atoms with E-state index in [1.54, 1.807) is 6.07 Å². The second-order valence-electron chi connectivity index (χ2n) is 3.99. The Kier molecular flexibility index (Phi) is 8.56. The van der Waals surface area contributed by atoms with Gasteiger partial charge in [-0.15, -0.1) is 0 Å². The first kappa shape index (κ1) is 19.7. The van der Waals surface area contributed by atoms with Crippen molar-refractivity contribution in [3.63, 3.8) is 0 Å². The van der Waals surface area contributed by atoms with Crippen LogP contribution < -0.4 is 0 Å². The van der Waals surface area contributed by atoms with E-state index < -0.39 is 6.67 Å². The largest absolute Gasteiger partial charge is 0.246 e. The van der Waals surface area contributed by atoms with Gasteiger partial charge in [0.25, 0.3) is 0 Å². The van der Waals surface area contributed by atoms with Crippen molar-refractivity contribution in [1.29, 1.82) is 0 Å². The minimum absolute atomic E-state index is 0.232. The lowest BCUT2D eigenvalue weighted by molar-refractivity contribution is 0.483. The fourth-order valence-electron chi connectivity index (χ4n) is 1.28. The molecule has 0 unspecified atom stereocenters. The Balaban J connectivity index is 0.000000211. The highest BCUT2D eigenvalue weighted by Crippen LogP contribution is 2.30. The Morgan fingerprint density at radius 3 is 1.71 bits per heavy atom. The molecule has 0 aliphatic carbocycles. The summed E-state index contributed by atoms with van der Waals surface area (Å²) in [7, 11) is 0. The maximum Gasteiger partial charge on any atom is 0.125 e. The Hall–Kier alpha value is 0.700. The molecular weight excluding hydrogens is 606 g/mol. The van der Waals surface area contributed by atoms with Crippen molar-refractivity contribution in [2.75, 3.05) is 0 Å². The number of benzene rings is 2. The summed E-state index contributed by atoms with van der Waals surface area (Å²) in [6, 6.07) is 6.45. The standard InChI is InChI=1S/C7H4Br3F.C7H5Br2F/c8-5-2-7(10)6(9)1-4(5)3-11;1-4-6(8)2-5(10)3-7(4)9/h1-2H,3H2;2-3H,1H3. The van der Waals surface area contributed by atoms with Gasteiger partial charge < -0.3 is 0 Å². The Bertz CT molecular complexity index is 620. The van der Waals surface area contributed by atoms with Crippen LogP contribution in [0.2, 0.25) is 0 Å². The molecule has 0 atom stereocenters. The van der Waals surface area contributed by atoms with Crippen LogP contribution >= 0.6 is 79.6 Å². The summed E-state index contributed by atoms with van der Waals surface area (Å²) in [5.41, 5.74) is 1.67. The lowest BCUT2D eigenvalue weighted by atomic mass is 10.2. The van der Waals surface area contributed by atoms with Crippen molar-refractivity contribution in [1.82, 2.24) is 0 Å². The van der Waals surface area contributed by atoms with Crippen molar-refractivity contribution < 1.29 is 8.78 Å². The highest BCUT2D eigenvalue weighted by atomic mass is 79.9. The molecule has 2 aromatic rings. The average Bonchev–Trinajstić information content (AvgIpc) is 2.41. The third-order valence-corrected chi connectivity index (χ3v) is 6.71. The van der Waals surface area contributed by atoms with E-state index in [0.717, 1.165) is 27.9 Å². The molecule has 0 N–H and O–H groups in total. The quantitative estimate of drug-likeness (QED) is 0.285. The molecule has 0 nitrogen and oxygen atoms in total. The molecule has 2 aromatic carbocycles. The zero-order chi connectivity index (χ0) is 16.2. The van der Waals surface area contributed by atoms with Crippen LogP contribution in [-0.2, 0) is 6.67 Å². The minimum atomic E-state index is -0.452. The van der Waals surface area contributed by atoms with Crippen LogP contribution in [0.4, 0.5) is 8.78 Å². The molecule has 21 heavy (non-hydrogen) atoms. The van der Waals surface area contributed by atoms with Gasteiger partial charge in [0.05, 0.1) is 0 Å². The van der Waals surface area contributed by atoms with Crippen molar-refractivity contribution >= 4 is 79.6 Å². The van der Waals surface area contributed by atoms with E-state index in [9.17, 15) is 8.78 Å². The van der Waals surface area contributed by atoms with Crippen LogP contribution in [0.5, 0.6) is 0 Å². The van der Waals surface area contributed by atoms with Gasteiger partial charge in [-0.1, -0.05) is 47.8 Å². The number of hydrogen-bond donors (Lipinski definition) is 0. The molecule has 0 aromatic heterocycles. The maximum atomic E-state index is 12.5. The summed E-state index contributed by atoms with van der Waals surface area (Å²) in [4.78, 5) is 0. The lowest BCUT2D eigenvalue weighted by Gasteiger charge is -2.01. The predicted octanol–water partition coefficient (Wildman–Crippen LogP) is 8.10. The summed E-state index contributed by atoms with van der Waals surface area (Å²) in [6.07, 6.45) is 0. The maximum absolute atomic E-state index is 12.5. The number of halogens is 7. The van der Waals surface area contributed by atoms with Crippen LogP contribution in [0.3, 0.4) is 0 Å². The smallest absolute Gasteiger partial charge is 0.125 e. The van der Waals surface area contributed by atoms with Gasteiger partial charge in [0.2, 0.25) is 0 Å². The highest BCUT2D eigenvalue weighted by Gasteiger charge is 2.03. The van der Waals surface area contributed by atoms with E-state index in [2.05, 4.69) is 79.6 Å². The first-order valence-corrected chi connectivity index (χ1v) is 9.53. The Morgan fingerprint density at radius 2 is 1.24 bits per heavy atom. The normalized spacial score (nSPS) is 10.1. The molecule has 0 radical (unpaired) electrons. The fourth-order valence-corrected chi connectivity index (χ4v) is 3.90. The molecule has 114 valence electrons. The molecule has 0 fully saturated rings. The molecule has 7 heteroatoms. The molecule has 0 bridgehead atoms. The average molecular weight is 615 g/mol. The van der Waals surface area contributed by atoms with E-state index >= 15 is 0 Å². The third kappa shape index (κ3) is 6.01. The minimum Gasteiger partial charge on any atom is -0.246 e. The van der Waals surface area contributed by atoms with Crippen LogP contribution in [0.15, 0.2) is 46.6 Å². The first-order chi connectivity index (χ1) is 9.76. The molecular formula is C14H9Br5F2. The molecule has 0 amide bonds. The van der Waals surface area contributed by atoms with Crippen molar-refractivity contribution in [2.24, 2.45) is 0 Å². The van der Waals surface area contributed by atoms with Crippen LogP contribution in [-0.4, -0.2) is 0 Å². The topological polar surface area (TPSA) is 0 Å². The second-order valence-corrected chi connectivity index (χ2v) is 8.26. The lowest BCUT2D eigenvalue weighted by Crippen LogP contribution is -1.82. The monoisotopic (exact) mass is 610 g/mol. The van der Waals surface area contributed by atoms with Gasteiger partial charge in [0.1, 0.15) is 12.5 Å². The summed E-state index contributed by atoms with van der Waals surface area (Å²) < 4.78 is 28.9. The summed E-state index contributed by atoms with van der Waals surface area (Å²) in [5.74, 6) is -0.232. The SMILES string of the molecule is Cc1c(Br)cc(F)cc1Br.FCc1cc(Br)c(Br)cc1Br. The second kappa shape index (κ2) is 9.11. The van der Waals surface area contributed by atoms with Crippen molar-refractivity contribution in [3.05, 3.63) is 63.6 Å². The fraction of sp³-hybridized carbons (Fsp3) is 0.143. The van der Waals surface area contributed by atoms with Gasteiger partial charge in [-0.25, -0.2) is 8.78 Å². The molecule has 0 saturated carbocycles. The van der Waals surface area contributed by atoms with Gasteiger partial charge in [0.15, 0.2) is 0 Å². The number of alkyl halides is 1. The van der Waals surface area contributed by atoms with Gasteiger partial charge >= 0.3 is 0 Å². The van der Waals surface area contributed by atoms with E-state index in [1.807, 2.05) is 13.0 Å². The summed E-state index contributed by atoms with van der Waals surface area (Å²) in [6.45, 7) is 1.46. The van der Waals surface area contributed by atoms with Gasteiger partial charge in [-0.2, -0.15) is 0 Å². The zero-order valence-electron chi connectivity index (χ0n) is 10.7. The van der Waals surface area contributed by atoms with E-state index in [4.69, 9.17) is 0 Å². The van der Waals surface area contributed by atoms with Gasteiger partial charge in [0, 0.05) is 22.4 Å². The van der Waals surface area contributed by atoms with E-state index in [-0.39, 0.29) is 5.82 Å². The van der Waals surface area contributed by atoms with Crippen molar-refractivity contribution in [3.8, 4) is 0 Å². The van der Waals surface area contributed by atoms with Gasteiger partial charge in [-0.3, -0.25) is 0 Å². The molecule has 0 spiro atoms. The number of rotatable bonds is 1. The van der Waals surface area contributed by atoms with Crippen LogP contribution in [0.25, 0.3) is 0 Å². The number of hydrogen-bond acceptors (Lipinski definition) is 0. The predicted molar refractivity (Wildman–Crippen MR) is 101 cm³/mol. The zero-order valence-corrected chi connectivity index (χ0v) is 18.6. The molecule has 0 saturated heterocycles. The third-order valence-electron chi connectivity index (χ3n) is 2.48. The van der Waals surface area contributed by atoms with Crippen molar-refractivity contribution in [2.45, 2.75) is 13.6 Å². The summed E-state index contributed by atoms with van der Waals surface area (Å²) in [5, 5.41) is 0. The first-order valence-electron chi connectivity index (χ1n) is 5.56.